The third kappa shape index (κ3) is 4.76. The Morgan fingerprint density at radius 3 is 2.62 bits per heavy atom. The van der Waals surface area contributed by atoms with Gasteiger partial charge >= 0.3 is 0 Å². The van der Waals surface area contributed by atoms with E-state index in [1.165, 1.54) is 18.4 Å². The number of thiazole rings is 1. The molecule has 29 heavy (non-hydrogen) atoms. The number of ether oxygens (including phenoxy) is 3. The average Bonchev–Trinajstić information content (AvgIpc) is 3.07. The van der Waals surface area contributed by atoms with Gasteiger partial charge in [-0.2, -0.15) is 16.8 Å². The number of benzene rings is 2. The van der Waals surface area contributed by atoms with E-state index in [0.717, 1.165) is 28.3 Å². The van der Waals surface area contributed by atoms with Gasteiger partial charge in [-0.15, -0.1) is 0 Å². The van der Waals surface area contributed by atoms with E-state index in [0.29, 0.717) is 28.5 Å². The van der Waals surface area contributed by atoms with Crippen LogP contribution in [0.25, 0.3) is 10.2 Å². The molecule has 0 saturated heterocycles. The van der Waals surface area contributed by atoms with Gasteiger partial charge in [0.2, 0.25) is 0 Å². The summed E-state index contributed by atoms with van der Waals surface area (Å²) in [6.07, 6.45) is 2.06. The van der Waals surface area contributed by atoms with Gasteiger partial charge < -0.3 is 18.8 Å². The van der Waals surface area contributed by atoms with Crippen molar-refractivity contribution in [3.8, 4) is 17.2 Å². The summed E-state index contributed by atoms with van der Waals surface area (Å²) in [5.41, 5.74) is 1.41. The van der Waals surface area contributed by atoms with E-state index in [4.69, 9.17) is 14.2 Å². The zero-order chi connectivity index (χ0) is 20.8. The first kappa shape index (κ1) is 21.3. The van der Waals surface area contributed by atoms with Gasteiger partial charge in [0.25, 0.3) is 5.91 Å². The molecule has 0 radical (unpaired) electrons. The minimum atomic E-state index is -0.366. The first-order valence-corrected chi connectivity index (χ1v) is 11.4. The van der Waals surface area contributed by atoms with Crippen LogP contribution in [0.4, 0.5) is 0 Å². The second kappa shape index (κ2) is 9.84. The van der Waals surface area contributed by atoms with Crippen molar-refractivity contribution in [2.24, 2.45) is 4.99 Å². The highest BCUT2D eigenvalue weighted by Gasteiger charge is 2.15. The van der Waals surface area contributed by atoms with Crippen molar-refractivity contribution < 1.29 is 19.0 Å². The summed E-state index contributed by atoms with van der Waals surface area (Å²) in [5.74, 6) is 2.41. The summed E-state index contributed by atoms with van der Waals surface area (Å²) in [7, 11) is 3.09. The minimum Gasteiger partial charge on any atom is -0.497 e. The highest BCUT2D eigenvalue weighted by atomic mass is 32.2. The fourth-order valence-corrected chi connectivity index (χ4v) is 4.37. The number of thioether (sulfide) groups is 1. The van der Waals surface area contributed by atoms with Crippen molar-refractivity contribution in [2.75, 3.05) is 32.8 Å². The van der Waals surface area contributed by atoms with Crippen molar-refractivity contribution in [2.45, 2.75) is 13.5 Å². The average molecular weight is 433 g/mol. The smallest absolute Gasteiger partial charge is 0.283 e. The number of hydrogen-bond acceptors (Lipinski definition) is 6. The van der Waals surface area contributed by atoms with Crippen LogP contribution in [-0.2, 0) is 6.54 Å². The van der Waals surface area contributed by atoms with Crippen LogP contribution in [0.5, 0.6) is 17.2 Å². The van der Waals surface area contributed by atoms with E-state index < -0.39 is 0 Å². The number of hydrogen-bond donors (Lipinski definition) is 0. The van der Waals surface area contributed by atoms with Crippen molar-refractivity contribution in [1.29, 1.82) is 0 Å². The Morgan fingerprint density at radius 2 is 1.93 bits per heavy atom. The second-order valence-corrected chi connectivity index (χ2v) is 8.07. The van der Waals surface area contributed by atoms with Gasteiger partial charge in [-0.1, -0.05) is 11.3 Å². The molecule has 0 atom stereocenters. The van der Waals surface area contributed by atoms with Gasteiger partial charge in [0.1, 0.15) is 17.2 Å². The van der Waals surface area contributed by atoms with Crippen LogP contribution in [0.3, 0.4) is 0 Å². The summed E-state index contributed by atoms with van der Waals surface area (Å²) in [6, 6.07) is 11.1. The normalized spacial score (nSPS) is 11.7. The number of carbonyl (C=O) groups excluding carboxylic acids is 1. The summed E-state index contributed by atoms with van der Waals surface area (Å²) in [4.78, 5) is 18.1. The lowest BCUT2D eigenvalue weighted by atomic mass is 10.2. The molecule has 0 aliphatic carbocycles. The van der Waals surface area contributed by atoms with Gasteiger partial charge in [-0.05, 0) is 49.6 Å². The monoisotopic (exact) mass is 432 g/mol. The minimum absolute atomic E-state index is 0.366. The highest BCUT2D eigenvalue weighted by Crippen LogP contribution is 2.26. The van der Waals surface area contributed by atoms with Crippen molar-refractivity contribution in [1.82, 2.24) is 4.57 Å². The molecule has 3 aromatic rings. The summed E-state index contributed by atoms with van der Waals surface area (Å²) in [6.45, 7) is 3.32. The zero-order valence-electron chi connectivity index (χ0n) is 16.9. The zero-order valence-corrected chi connectivity index (χ0v) is 18.6. The van der Waals surface area contributed by atoms with Gasteiger partial charge in [0.05, 0.1) is 36.6 Å². The number of aromatic nitrogens is 1. The maximum Gasteiger partial charge on any atom is 0.283 e. The van der Waals surface area contributed by atoms with Crippen LogP contribution in [0.1, 0.15) is 17.3 Å². The van der Waals surface area contributed by atoms with Crippen molar-refractivity contribution in [3.05, 3.63) is 46.8 Å². The molecule has 0 unspecified atom stereocenters. The summed E-state index contributed by atoms with van der Waals surface area (Å²) >= 11 is 3.23. The predicted octanol–water partition coefficient (Wildman–Crippen LogP) is 4.22. The Kier molecular flexibility index (Phi) is 7.22. The molecule has 0 bridgehead atoms. The number of nitrogens with zero attached hydrogens (tertiary/aromatic N) is 2. The molecule has 0 spiro atoms. The predicted molar refractivity (Wildman–Crippen MR) is 119 cm³/mol. The molecule has 154 valence electrons. The fourth-order valence-electron chi connectivity index (χ4n) is 2.92. The Morgan fingerprint density at radius 1 is 1.14 bits per heavy atom. The fraction of sp³-hybridized carbons (Fsp3) is 0.333. The van der Waals surface area contributed by atoms with Crippen LogP contribution in [0.2, 0.25) is 0 Å². The van der Waals surface area contributed by atoms with Gasteiger partial charge in [-0.3, -0.25) is 4.79 Å². The first-order valence-electron chi connectivity index (χ1n) is 9.17. The Bertz CT molecular complexity index is 1070. The topological polar surface area (TPSA) is 62.1 Å². The van der Waals surface area contributed by atoms with Crippen LogP contribution in [0, 0.1) is 0 Å². The highest BCUT2D eigenvalue weighted by molar-refractivity contribution is 7.98. The molecular formula is C21H24N2O4S2. The molecule has 0 aliphatic heterocycles. The molecule has 8 heteroatoms. The lowest BCUT2D eigenvalue weighted by Gasteiger charge is -2.08. The van der Waals surface area contributed by atoms with Crippen LogP contribution in [-0.4, -0.2) is 43.3 Å². The van der Waals surface area contributed by atoms with E-state index >= 15 is 0 Å². The largest absolute Gasteiger partial charge is 0.497 e. The Balaban J connectivity index is 2.11. The van der Waals surface area contributed by atoms with E-state index in [1.54, 1.807) is 37.1 Å². The van der Waals surface area contributed by atoms with E-state index in [9.17, 15) is 4.79 Å². The second-order valence-electron chi connectivity index (χ2n) is 6.07. The standard InChI is InChI=1S/C21H24N2O4S2/c1-5-27-15-6-8-17-19(13-15)29-21(23(17)10-11-28-4)22-20(24)16-12-14(25-2)7-9-18(16)26-3/h6-9,12-13H,5,10-11H2,1-4H3. The first-order chi connectivity index (χ1) is 14.1. The Hall–Kier alpha value is -2.45. The van der Waals surface area contributed by atoms with Gasteiger partial charge in [0, 0.05) is 12.3 Å². The molecule has 1 heterocycles. The van der Waals surface area contributed by atoms with Crippen molar-refractivity contribution in [3.63, 3.8) is 0 Å². The number of amides is 1. The number of fused-ring (bicyclic) bond motifs is 1. The molecule has 0 N–H and O–H groups in total. The molecule has 0 saturated carbocycles. The third-order valence-corrected chi connectivity index (χ3v) is 5.95. The summed E-state index contributed by atoms with van der Waals surface area (Å²) < 4.78 is 19.3. The molecule has 1 aromatic heterocycles. The van der Waals surface area contributed by atoms with Crippen molar-refractivity contribution >= 4 is 39.2 Å². The quantitative estimate of drug-likeness (QED) is 0.533. The van der Waals surface area contributed by atoms with E-state index in [2.05, 4.69) is 15.8 Å². The van der Waals surface area contributed by atoms with E-state index in [-0.39, 0.29) is 5.91 Å². The maximum atomic E-state index is 13.0. The maximum absolute atomic E-state index is 13.0. The van der Waals surface area contributed by atoms with Gasteiger partial charge in [-0.25, -0.2) is 0 Å². The molecule has 6 nitrogen and oxygen atoms in total. The lowest BCUT2D eigenvalue weighted by molar-refractivity contribution is 0.0994. The Labute approximate surface area is 178 Å². The number of methoxy groups -OCH3 is 2. The molecule has 0 aliphatic rings. The molecule has 1 amide bonds. The third-order valence-electron chi connectivity index (χ3n) is 4.32. The molecule has 2 aromatic carbocycles. The molecule has 3 rings (SSSR count). The van der Waals surface area contributed by atoms with Crippen LogP contribution in [0.15, 0.2) is 41.4 Å². The lowest BCUT2D eigenvalue weighted by Crippen LogP contribution is -2.18. The number of aryl methyl sites for hydroxylation is 1. The van der Waals surface area contributed by atoms with Crippen LogP contribution < -0.4 is 19.0 Å². The SMILES string of the molecule is CCOc1ccc2c(c1)sc(=NC(=O)c1cc(OC)ccc1OC)n2CCSC. The van der Waals surface area contributed by atoms with Crippen LogP contribution >= 0.6 is 23.1 Å². The molecule has 0 fully saturated rings. The molecular weight excluding hydrogens is 408 g/mol. The summed E-state index contributed by atoms with van der Waals surface area (Å²) in [5, 5.41) is 0. The number of rotatable bonds is 8. The van der Waals surface area contributed by atoms with E-state index in [1.807, 2.05) is 25.1 Å². The van der Waals surface area contributed by atoms with Gasteiger partial charge in [0.15, 0.2) is 4.80 Å². The number of carbonyl (C=O) groups is 1.